The van der Waals surface area contributed by atoms with Crippen LogP contribution in [0.25, 0.3) is 10.9 Å². The number of piperazine rings is 1. The van der Waals surface area contributed by atoms with Crippen molar-refractivity contribution in [3.63, 3.8) is 0 Å². The molecule has 2 aliphatic rings. The summed E-state index contributed by atoms with van der Waals surface area (Å²) in [5, 5.41) is 0.702. The minimum Gasteiger partial charge on any atom is -0.444 e. The molecule has 2 bridgehead atoms. The Labute approximate surface area is 216 Å². The maximum absolute atomic E-state index is 15.1. The van der Waals surface area contributed by atoms with Crippen molar-refractivity contribution >= 4 is 62.1 Å². The van der Waals surface area contributed by atoms with Gasteiger partial charge in [-0.3, -0.25) is 4.90 Å². The van der Waals surface area contributed by atoms with Crippen LogP contribution in [0.3, 0.4) is 0 Å². The van der Waals surface area contributed by atoms with Gasteiger partial charge in [-0.15, -0.1) is 6.58 Å². The van der Waals surface area contributed by atoms with Crippen LogP contribution in [-0.2, 0) is 4.74 Å². The summed E-state index contributed by atoms with van der Waals surface area (Å²) < 4.78 is 21.2. The number of carbonyl (C=O) groups is 1. The number of hydrogen-bond donors (Lipinski definition) is 0. The number of hydrogen-bond acceptors (Lipinski definition) is 7. The molecule has 0 spiro atoms. The van der Waals surface area contributed by atoms with Gasteiger partial charge in [-0.25, -0.2) is 24.1 Å². The molecule has 7 nitrogen and oxygen atoms in total. The van der Waals surface area contributed by atoms with E-state index in [0.717, 1.165) is 18.6 Å². The Hall–Kier alpha value is -1.65. The number of rotatable bonds is 5. The standard InChI is InChI=1S/C23H28BrClFN5O2S/c1-6-8-13-14-10-9-12(31(14)22(32)33-23(3,4)5)11-30(13)20-15-17(27-21(29-20)34-7-2)16(26)19(25)28-18(15)24/h6,12-14H,1,7-11H2,2-5H3/t12-,13-,14+/m1/s1. The lowest BCUT2D eigenvalue weighted by Gasteiger charge is -2.47. The first-order valence-electron chi connectivity index (χ1n) is 11.3. The average Bonchev–Trinajstić information content (AvgIpc) is 3.08. The summed E-state index contributed by atoms with van der Waals surface area (Å²) in [6.45, 7) is 12.1. The highest BCUT2D eigenvalue weighted by Crippen LogP contribution is 2.42. The molecule has 184 valence electrons. The van der Waals surface area contributed by atoms with E-state index in [1.807, 2.05) is 38.7 Å². The van der Waals surface area contributed by atoms with E-state index >= 15 is 4.39 Å². The van der Waals surface area contributed by atoms with Crippen LogP contribution < -0.4 is 4.90 Å². The van der Waals surface area contributed by atoms with Gasteiger partial charge >= 0.3 is 6.09 Å². The quantitative estimate of drug-likeness (QED) is 0.182. The van der Waals surface area contributed by atoms with Crippen molar-refractivity contribution in [1.82, 2.24) is 19.9 Å². The Kier molecular flexibility index (Phi) is 7.32. The van der Waals surface area contributed by atoms with E-state index in [0.29, 0.717) is 33.9 Å². The van der Waals surface area contributed by atoms with Gasteiger partial charge in [-0.2, -0.15) is 0 Å². The number of amides is 1. The number of ether oxygens (including phenoxy) is 1. The minimum absolute atomic E-state index is 0.0444. The second-order valence-electron chi connectivity index (χ2n) is 9.42. The molecule has 2 fully saturated rings. The largest absolute Gasteiger partial charge is 0.444 e. The second kappa shape index (κ2) is 9.78. The van der Waals surface area contributed by atoms with Crippen molar-refractivity contribution in [1.29, 1.82) is 0 Å². The number of anilines is 1. The Bertz CT molecular complexity index is 1130. The van der Waals surface area contributed by atoms with E-state index in [4.69, 9.17) is 21.3 Å². The molecule has 0 N–H and O–H groups in total. The summed E-state index contributed by atoms with van der Waals surface area (Å²) in [5.74, 6) is 0.654. The van der Waals surface area contributed by atoms with Crippen LogP contribution in [0.15, 0.2) is 22.4 Å². The molecule has 0 aliphatic carbocycles. The molecule has 1 amide bonds. The van der Waals surface area contributed by atoms with Crippen molar-refractivity contribution < 1.29 is 13.9 Å². The fraction of sp³-hybridized carbons (Fsp3) is 0.565. The summed E-state index contributed by atoms with van der Waals surface area (Å²) in [7, 11) is 0. The number of aromatic nitrogens is 3. The van der Waals surface area contributed by atoms with E-state index in [-0.39, 0.29) is 34.9 Å². The molecule has 2 aromatic rings. The number of carbonyl (C=O) groups excluding carboxylic acids is 1. The SMILES string of the molecule is C=CC[C@@H]1[C@@H]2CC[C@H](CN1c1nc(SCC)nc3c(F)c(Cl)nc(Br)c13)N2C(=O)OC(C)(C)C. The normalized spacial score (nSPS) is 22.4. The first-order chi connectivity index (χ1) is 16.1. The molecule has 2 aromatic heterocycles. The van der Waals surface area contributed by atoms with Gasteiger partial charge < -0.3 is 9.64 Å². The molecular formula is C23H28BrClFN5O2S. The number of fused-ring (bicyclic) bond motifs is 3. The van der Waals surface area contributed by atoms with Crippen molar-refractivity contribution in [2.45, 2.75) is 75.8 Å². The highest BCUT2D eigenvalue weighted by Gasteiger charge is 2.50. The summed E-state index contributed by atoms with van der Waals surface area (Å²) >= 11 is 10.9. The molecule has 0 saturated carbocycles. The third-order valence-electron chi connectivity index (χ3n) is 6.02. The van der Waals surface area contributed by atoms with Gasteiger partial charge in [0.15, 0.2) is 16.1 Å². The summed E-state index contributed by atoms with van der Waals surface area (Å²) in [5.41, 5.74) is -0.448. The van der Waals surface area contributed by atoms with E-state index in [1.54, 1.807) is 0 Å². The van der Waals surface area contributed by atoms with Gasteiger partial charge in [0.2, 0.25) is 0 Å². The first kappa shape index (κ1) is 25.4. The first-order valence-corrected chi connectivity index (χ1v) is 13.4. The van der Waals surface area contributed by atoms with Gasteiger partial charge in [-0.1, -0.05) is 36.4 Å². The molecular weight excluding hydrogens is 545 g/mol. The van der Waals surface area contributed by atoms with Crippen LogP contribution in [0.4, 0.5) is 15.0 Å². The van der Waals surface area contributed by atoms with E-state index in [1.165, 1.54) is 11.8 Å². The van der Waals surface area contributed by atoms with Crippen molar-refractivity contribution in [3.8, 4) is 0 Å². The van der Waals surface area contributed by atoms with Crippen molar-refractivity contribution in [2.75, 3.05) is 17.2 Å². The molecule has 0 aromatic carbocycles. The monoisotopic (exact) mass is 571 g/mol. The zero-order valence-electron chi connectivity index (χ0n) is 19.6. The summed E-state index contributed by atoms with van der Waals surface area (Å²) in [6.07, 6.45) is 3.87. The molecule has 3 atom stereocenters. The Morgan fingerprint density at radius 3 is 2.74 bits per heavy atom. The van der Waals surface area contributed by atoms with Crippen LogP contribution in [0.2, 0.25) is 5.15 Å². The molecule has 11 heteroatoms. The minimum atomic E-state index is -0.669. The second-order valence-corrected chi connectivity index (χ2v) is 11.8. The van der Waals surface area contributed by atoms with Crippen LogP contribution in [0, 0.1) is 5.82 Å². The highest BCUT2D eigenvalue weighted by atomic mass is 79.9. The highest BCUT2D eigenvalue weighted by molar-refractivity contribution is 9.10. The van der Waals surface area contributed by atoms with Crippen LogP contribution in [0.1, 0.15) is 47.0 Å². The number of halogens is 3. The maximum Gasteiger partial charge on any atom is 0.410 e. The lowest BCUT2D eigenvalue weighted by Crippen LogP contribution is -2.62. The molecule has 2 saturated heterocycles. The lowest BCUT2D eigenvalue weighted by molar-refractivity contribution is 0.00766. The topological polar surface area (TPSA) is 71.5 Å². The molecule has 4 rings (SSSR count). The van der Waals surface area contributed by atoms with Crippen molar-refractivity contribution in [2.24, 2.45) is 0 Å². The van der Waals surface area contributed by atoms with Crippen LogP contribution >= 0.6 is 39.3 Å². The smallest absolute Gasteiger partial charge is 0.410 e. The predicted octanol–water partition coefficient (Wildman–Crippen LogP) is 6.22. The Balaban J connectivity index is 1.83. The van der Waals surface area contributed by atoms with Gasteiger partial charge in [0, 0.05) is 6.54 Å². The maximum atomic E-state index is 15.1. The number of thioether (sulfide) groups is 1. The number of nitrogens with zero attached hydrogens (tertiary/aromatic N) is 5. The number of pyridine rings is 1. The molecule has 0 radical (unpaired) electrons. The van der Waals surface area contributed by atoms with Crippen LogP contribution in [0.5, 0.6) is 0 Å². The fourth-order valence-corrected chi connectivity index (χ4v) is 6.19. The predicted molar refractivity (Wildman–Crippen MR) is 137 cm³/mol. The van der Waals surface area contributed by atoms with Gasteiger partial charge in [-0.05, 0) is 61.7 Å². The molecule has 34 heavy (non-hydrogen) atoms. The molecule has 2 aliphatic heterocycles. The van der Waals surface area contributed by atoms with E-state index in [9.17, 15) is 4.79 Å². The zero-order valence-corrected chi connectivity index (χ0v) is 22.8. The third kappa shape index (κ3) is 4.73. The fourth-order valence-electron chi connectivity index (χ4n) is 4.81. The zero-order chi connectivity index (χ0) is 24.8. The third-order valence-corrected chi connectivity index (χ3v) is 7.57. The van der Waals surface area contributed by atoms with Gasteiger partial charge in [0.05, 0.1) is 23.5 Å². The molecule has 4 heterocycles. The van der Waals surface area contributed by atoms with Crippen LogP contribution in [-0.4, -0.2) is 62.0 Å². The Morgan fingerprint density at radius 1 is 1.35 bits per heavy atom. The molecule has 0 unspecified atom stereocenters. The average molecular weight is 573 g/mol. The summed E-state index contributed by atoms with van der Waals surface area (Å²) in [6, 6.07) is -0.230. The van der Waals surface area contributed by atoms with E-state index in [2.05, 4.69) is 37.4 Å². The lowest BCUT2D eigenvalue weighted by atomic mass is 9.99. The summed E-state index contributed by atoms with van der Waals surface area (Å²) in [4.78, 5) is 30.5. The Morgan fingerprint density at radius 2 is 2.09 bits per heavy atom. The van der Waals surface area contributed by atoms with E-state index < -0.39 is 11.4 Å². The van der Waals surface area contributed by atoms with Crippen molar-refractivity contribution in [3.05, 3.63) is 28.2 Å². The van der Waals surface area contributed by atoms with Gasteiger partial charge in [0.1, 0.15) is 21.5 Å². The van der Waals surface area contributed by atoms with Gasteiger partial charge in [0.25, 0.3) is 0 Å².